The van der Waals surface area contributed by atoms with Gasteiger partial charge in [0.05, 0.1) is 11.8 Å². The Bertz CT molecular complexity index is 448. The zero-order valence-corrected chi connectivity index (χ0v) is 13.4. The third-order valence-corrected chi connectivity index (χ3v) is 3.99. The number of nitrogens with one attached hydrogen (secondary N) is 1. The number of hydrogen-bond donors (Lipinski definition) is 2. The summed E-state index contributed by atoms with van der Waals surface area (Å²) in [5, 5.41) is 12.9. The van der Waals surface area contributed by atoms with Crippen molar-refractivity contribution in [3.8, 4) is 0 Å². The van der Waals surface area contributed by atoms with Gasteiger partial charge >= 0.3 is 0 Å². The van der Waals surface area contributed by atoms with Gasteiger partial charge in [-0.2, -0.15) is 0 Å². The summed E-state index contributed by atoms with van der Waals surface area (Å²) in [6.45, 7) is 6.57. The van der Waals surface area contributed by atoms with E-state index < -0.39 is 0 Å². The van der Waals surface area contributed by atoms with E-state index in [0.29, 0.717) is 31.6 Å². The Morgan fingerprint density at radius 3 is 2.86 bits per heavy atom. The van der Waals surface area contributed by atoms with Crippen molar-refractivity contribution >= 4 is 5.69 Å². The Balaban J connectivity index is 1.84. The van der Waals surface area contributed by atoms with E-state index in [1.165, 1.54) is 6.07 Å². The largest absolute Gasteiger partial charge is 0.393 e. The number of aliphatic hydroxyl groups is 1. The SMILES string of the molecule is CCOCCCNCc1ccc(F)c(N2CCC(O)CC2)c1. The van der Waals surface area contributed by atoms with Gasteiger partial charge in [0, 0.05) is 32.8 Å². The fourth-order valence-corrected chi connectivity index (χ4v) is 2.69. The first-order valence-corrected chi connectivity index (χ1v) is 8.20. The molecule has 0 aromatic heterocycles. The van der Waals surface area contributed by atoms with Crippen molar-refractivity contribution in [2.24, 2.45) is 0 Å². The van der Waals surface area contributed by atoms with Crippen LogP contribution in [0.4, 0.5) is 10.1 Å². The summed E-state index contributed by atoms with van der Waals surface area (Å²) < 4.78 is 19.3. The lowest BCUT2D eigenvalue weighted by Gasteiger charge is -2.32. The van der Waals surface area contributed by atoms with Gasteiger partial charge in [-0.25, -0.2) is 4.39 Å². The average Bonchev–Trinajstić information content (AvgIpc) is 2.53. The van der Waals surface area contributed by atoms with E-state index in [1.807, 2.05) is 24.0 Å². The lowest BCUT2D eigenvalue weighted by molar-refractivity contribution is 0.144. The normalized spacial score (nSPS) is 16.2. The maximum absolute atomic E-state index is 14.0. The zero-order chi connectivity index (χ0) is 15.8. The molecule has 2 N–H and O–H groups in total. The maximum atomic E-state index is 14.0. The minimum Gasteiger partial charge on any atom is -0.393 e. The van der Waals surface area contributed by atoms with E-state index in [0.717, 1.165) is 38.3 Å². The molecule has 0 atom stereocenters. The molecule has 22 heavy (non-hydrogen) atoms. The van der Waals surface area contributed by atoms with Crippen molar-refractivity contribution in [3.05, 3.63) is 29.6 Å². The van der Waals surface area contributed by atoms with E-state index in [9.17, 15) is 9.50 Å². The molecule has 1 aromatic rings. The van der Waals surface area contributed by atoms with Crippen LogP contribution in [0.1, 0.15) is 31.7 Å². The number of aliphatic hydroxyl groups excluding tert-OH is 1. The van der Waals surface area contributed by atoms with E-state index in [1.54, 1.807) is 0 Å². The Labute approximate surface area is 132 Å². The van der Waals surface area contributed by atoms with Gasteiger partial charge in [-0.05, 0) is 50.4 Å². The van der Waals surface area contributed by atoms with Gasteiger partial charge in [0.15, 0.2) is 0 Å². The minimum atomic E-state index is -0.241. The molecule has 0 unspecified atom stereocenters. The van der Waals surface area contributed by atoms with Crippen LogP contribution >= 0.6 is 0 Å². The molecule has 0 radical (unpaired) electrons. The second kappa shape index (κ2) is 9.08. The number of benzene rings is 1. The molecule has 1 saturated heterocycles. The van der Waals surface area contributed by atoms with Crippen molar-refractivity contribution in [3.63, 3.8) is 0 Å². The zero-order valence-electron chi connectivity index (χ0n) is 13.4. The molecular formula is C17H27FN2O2. The van der Waals surface area contributed by atoms with Crippen LogP contribution in [-0.2, 0) is 11.3 Å². The molecule has 1 fully saturated rings. The van der Waals surface area contributed by atoms with Crippen LogP contribution in [0.2, 0.25) is 0 Å². The number of anilines is 1. The molecule has 5 heteroatoms. The quantitative estimate of drug-likeness (QED) is 0.723. The van der Waals surface area contributed by atoms with Crippen molar-refractivity contribution in [1.82, 2.24) is 5.32 Å². The third-order valence-electron chi connectivity index (χ3n) is 3.99. The predicted octanol–water partition coefficient (Wildman–Crippen LogP) is 2.30. The topological polar surface area (TPSA) is 44.7 Å². The third kappa shape index (κ3) is 5.23. The molecule has 1 aliphatic rings. The number of rotatable bonds is 8. The number of halogens is 1. The fourth-order valence-electron chi connectivity index (χ4n) is 2.69. The molecule has 2 rings (SSSR count). The monoisotopic (exact) mass is 310 g/mol. The minimum absolute atomic E-state index is 0.184. The van der Waals surface area contributed by atoms with Crippen LogP contribution in [0, 0.1) is 5.82 Å². The van der Waals surface area contributed by atoms with Crippen LogP contribution in [0.25, 0.3) is 0 Å². The van der Waals surface area contributed by atoms with Gasteiger partial charge in [0.1, 0.15) is 5.82 Å². The van der Waals surface area contributed by atoms with Gasteiger partial charge in [-0.15, -0.1) is 0 Å². The van der Waals surface area contributed by atoms with Crippen LogP contribution in [-0.4, -0.2) is 44.1 Å². The Morgan fingerprint density at radius 2 is 2.14 bits per heavy atom. The molecule has 0 saturated carbocycles. The Kier molecular flexibility index (Phi) is 7.09. The van der Waals surface area contributed by atoms with Crippen LogP contribution in [0.5, 0.6) is 0 Å². The highest BCUT2D eigenvalue weighted by atomic mass is 19.1. The number of hydrogen-bond acceptors (Lipinski definition) is 4. The Morgan fingerprint density at radius 1 is 1.36 bits per heavy atom. The van der Waals surface area contributed by atoms with Gasteiger partial charge in [-0.1, -0.05) is 6.07 Å². The first-order valence-electron chi connectivity index (χ1n) is 8.20. The summed E-state index contributed by atoms with van der Waals surface area (Å²) in [7, 11) is 0. The molecule has 1 aliphatic heterocycles. The van der Waals surface area contributed by atoms with Crippen molar-refractivity contribution in [1.29, 1.82) is 0 Å². The van der Waals surface area contributed by atoms with Gasteiger partial charge in [0.2, 0.25) is 0 Å². The van der Waals surface area contributed by atoms with Gasteiger partial charge < -0.3 is 20.1 Å². The van der Waals surface area contributed by atoms with Crippen molar-refractivity contribution in [2.45, 2.75) is 38.8 Å². The highest BCUT2D eigenvalue weighted by Crippen LogP contribution is 2.24. The van der Waals surface area contributed by atoms with E-state index in [2.05, 4.69) is 5.32 Å². The molecule has 1 aromatic carbocycles. The standard InChI is InChI=1S/C17H27FN2O2/c1-2-22-11-3-8-19-13-14-4-5-16(18)17(12-14)20-9-6-15(21)7-10-20/h4-5,12,15,19,21H,2-3,6-11,13H2,1H3. The summed E-state index contributed by atoms with van der Waals surface area (Å²) >= 11 is 0. The first kappa shape index (κ1) is 17.2. The van der Waals surface area contributed by atoms with Crippen molar-refractivity contribution in [2.75, 3.05) is 37.7 Å². The van der Waals surface area contributed by atoms with Crippen LogP contribution < -0.4 is 10.2 Å². The van der Waals surface area contributed by atoms with Gasteiger partial charge in [0.25, 0.3) is 0 Å². The van der Waals surface area contributed by atoms with E-state index >= 15 is 0 Å². The molecule has 1 heterocycles. The molecular weight excluding hydrogens is 283 g/mol. The highest BCUT2D eigenvalue weighted by Gasteiger charge is 2.19. The fraction of sp³-hybridized carbons (Fsp3) is 0.647. The van der Waals surface area contributed by atoms with Crippen LogP contribution in [0.15, 0.2) is 18.2 Å². The number of ether oxygens (including phenoxy) is 1. The summed E-state index contributed by atoms with van der Waals surface area (Å²) in [5.74, 6) is -0.184. The molecule has 0 bridgehead atoms. The molecule has 0 aliphatic carbocycles. The lowest BCUT2D eigenvalue weighted by Crippen LogP contribution is -2.36. The molecule has 0 amide bonds. The highest BCUT2D eigenvalue weighted by molar-refractivity contribution is 5.50. The van der Waals surface area contributed by atoms with E-state index in [-0.39, 0.29) is 11.9 Å². The smallest absolute Gasteiger partial charge is 0.146 e. The second-order valence-corrected chi connectivity index (χ2v) is 5.73. The molecule has 4 nitrogen and oxygen atoms in total. The molecule has 124 valence electrons. The summed E-state index contributed by atoms with van der Waals surface area (Å²) in [6.07, 6.45) is 2.15. The summed E-state index contributed by atoms with van der Waals surface area (Å²) in [6, 6.07) is 5.29. The Hall–Kier alpha value is -1.17. The maximum Gasteiger partial charge on any atom is 0.146 e. The second-order valence-electron chi connectivity index (χ2n) is 5.73. The predicted molar refractivity (Wildman–Crippen MR) is 86.7 cm³/mol. The number of piperidine rings is 1. The summed E-state index contributed by atoms with van der Waals surface area (Å²) in [4.78, 5) is 2.03. The lowest BCUT2D eigenvalue weighted by atomic mass is 10.1. The van der Waals surface area contributed by atoms with Crippen molar-refractivity contribution < 1.29 is 14.2 Å². The number of nitrogens with zero attached hydrogens (tertiary/aromatic N) is 1. The average molecular weight is 310 g/mol. The van der Waals surface area contributed by atoms with E-state index in [4.69, 9.17) is 4.74 Å². The summed E-state index contributed by atoms with van der Waals surface area (Å²) in [5.41, 5.74) is 1.74. The van der Waals surface area contributed by atoms with Crippen LogP contribution in [0.3, 0.4) is 0 Å². The first-order chi connectivity index (χ1) is 10.7. The van der Waals surface area contributed by atoms with Gasteiger partial charge in [-0.3, -0.25) is 0 Å². The molecule has 0 spiro atoms.